The molecule has 1 aromatic carbocycles. The van der Waals surface area contributed by atoms with Crippen molar-refractivity contribution in [3.05, 3.63) is 51.2 Å². The molecule has 1 aromatic heterocycles. The lowest BCUT2D eigenvalue weighted by Crippen LogP contribution is -2.15. The summed E-state index contributed by atoms with van der Waals surface area (Å²) < 4.78 is 0. The number of pyridine rings is 1. The summed E-state index contributed by atoms with van der Waals surface area (Å²) >= 11 is 17.7. The van der Waals surface area contributed by atoms with E-state index in [-0.39, 0.29) is 21.3 Å². The number of carbonyl (C=O) groups excluding carboxylic acids is 1. The van der Waals surface area contributed by atoms with Crippen LogP contribution in [-0.4, -0.2) is 10.9 Å². The maximum Gasteiger partial charge on any atom is 0.259 e. The fourth-order valence-electron chi connectivity index (χ4n) is 1.44. The van der Waals surface area contributed by atoms with Crippen LogP contribution in [0.25, 0.3) is 0 Å². The van der Waals surface area contributed by atoms with E-state index in [4.69, 9.17) is 40.5 Å². The van der Waals surface area contributed by atoms with E-state index in [1.54, 1.807) is 0 Å². The third-order valence-corrected chi connectivity index (χ3v) is 3.16. The molecule has 19 heavy (non-hydrogen) atoms. The first-order valence-corrected chi connectivity index (χ1v) is 6.28. The Hall–Kier alpha value is -1.49. The molecule has 0 atom stereocenters. The SMILES string of the molecule is Nc1ccncc1C(=O)Nc1c(Cl)cc(Cl)cc1Cl. The molecule has 0 aliphatic rings. The number of nitrogens with one attached hydrogen (secondary N) is 1. The number of carbonyl (C=O) groups is 1. The van der Waals surface area contributed by atoms with Crippen LogP contribution in [0.2, 0.25) is 15.1 Å². The summed E-state index contributed by atoms with van der Waals surface area (Å²) in [6.07, 6.45) is 2.86. The molecule has 0 radical (unpaired) electrons. The third kappa shape index (κ3) is 3.10. The van der Waals surface area contributed by atoms with Crippen molar-refractivity contribution in [1.82, 2.24) is 4.98 Å². The number of aromatic nitrogens is 1. The van der Waals surface area contributed by atoms with Gasteiger partial charge in [0.15, 0.2) is 0 Å². The van der Waals surface area contributed by atoms with Crippen LogP contribution in [0.4, 0.5) is 11.4 Å². The van der Waals surface area contributed by atoms with Gasteiger partial charge in [0, 0.05) is 23.1 Å². The van der Waals surface area contributed by atoms with Gasteiger partial charge in [-0.1, -0.05) is 34.8 Å². The third-order valence-electron chi connectivity index (χ3n) is 2.34. The zero-order valence-electron chi connectivity index (χ0n) is 9.45. The van der Waals surface area contributed by atoms with Crippen molar-refractivity contribution in [1.29, 1.82) is 0 Å². The van der Waals surface area contributed by atoms with Gasteiger partial charge in [0.05, 0.1) is 21.3 Å². The fraction of sp³-hybridized carbons (Fsp3) is 0. The lowest BCUT2D eigenvalue weighted by molar-refractivity contribution is 0.102. The highest BCUT2D eigenvalue weighted by Crippen LogP contribution is 2.34. The molecule has 0 aliphatic carbocycles. The van der Waals surface area contributed by atoms with Gasteiger partial charge in [0.25, 0.3) is 5.91 Å². The molecule has 7 heteroatoms. The average molecular weight is 317 g/mol. The van der Waals surface area contributed by atoms with Crippen molar-refractivity contribution in [2.75, 3.05) is 11.1 Å². The van der Waals surface area contributed by atoms with E-state index < -0.39 is 5.91 Å². The Balaban J connectivity index is 2.32. The molecule has 1 heterocycles. The Morgan fingerprint density at radius 3 is 2.42 bits per heavy atom. The number of hydrogen-bond acceptors (Lipinski definition) is 3. The number of nitrogens with zero attached hydrogens (tertiary/aromatic N) is 1. The molecule has 3 N–H and O–H groups in total. The molecule has 0 bridgehead atoms. The van der Waals surface area contributed by atoms with Gasteiger partial charge in [-0.05, 0) is 18.2 Å². The summed E-state index contributed by atoms with van der Waals surface area (Å²) in [5.41, 5.74) is 6.52. The van der Waals surface area contributed by atoms with Crippen LogP contribution in [0.3, 0.4) is 0 Å². The Morgan fingerprint density at radius 2 is 1.84 bits per heavy atom. The average Bonchev–Trinajstić information content (AvgIpc) is 2.34. The number of halogens is 3. The van der Waals surface area contributed by atoms with Crippen molar-refractivity contribution >= 4 is 52.1 Å². The number of amides is 1. The summed E-state index contributed by atoms with van der Waals surface area (Å²) in [4.78, 5) is 15.9. The predicted molar refractivity (Wildman–Crippen MR) is 78.1 cm³/mol. The molecule has 0 aliphatic heterocycles. The summed E-state index contributed by atoms with van der Waals surface area (Å²) in [5.74, 6) is -0.447. The van der Waals surface area contributed by atoms with Gasteiger partial charge in [-0.3, -0.25) is 9.78 Å². The lowest BCUT2D eigenvalue weighted by atomic mass is 10.2. The summed E-state index contributed by atoms with van der Waals surface area (Å²) in [6.45, 7) is 0. The standard InChI is InChI=1S/C12H8Cl3N3O/c13-6-3-8(14)11(9(15)4-6)18-12(19)7-5-17-2-1-10(7)16/h1-5H,(H2,16,17)(H,18,19). The lowest BCUT2D eigenvalue weighted by Gasteiger charge is -2.10. The van der Waals surface area contributed by atoms with E-state index >= 15 is 0 Å². The van der Waals surface area contributed by atoms with Crippen molar-refractivity contribution in [2.24, 2.45) is 0 Å². The maximum atomic E-state index is 12.0. The number of hydrogen-bond donors (Lipinski definition) is 2. The molecule has 2 aromatic rings. The molecule has 98 valence electrons. The van der Waals surface area contributed by atoms with Crippen LogP contribution in [0.5, 0.6) is 0 Å². The van der Waals surface area contributed by atoms with Crippen LogP contribution in [0.15, 0.2) is 30.6 Å². The second-order valence-electron chi connectivity index (χ2n) is 3.66. The summed E-state index contributed by atoms with van der Waals surface area (Å²) in [5, 5.41) is 3.45. The summed E-state index contributed by atoms with van der Waals surface area (Å²) in [7, 11) is 0. The van der Waals surface area contributed by atoms with Gasteiger partial charge >= 0.3 is 0 Å². The van der Waals surface area contributed by atoms with Crippen LogP contribution in [0.1, 0.15) is 10.4 Å². The smallest absolute Gasteiger partial charge is 0.259 e. The van der Waals surface area contributed by atoms with E-state index in [1.165, 1.54) is 30.6 Å². The number of nitrogen functional groups attached to an aromatic ring is 1. The molecular weight excluding hydrogens is 309 g/mol. The van der Waals surface area contributed by atoms with E-state index in [2.05, 4.69) is 10.3 Å². The minimum Gasteiger partial charge on any atom is -0.398 e. The van der Waals surface area contributed by atoms with Crippen LogP contribution in [0, 0.1) is 0 Å². The number of nitrogens with two attached hydrogens (primary N) is 1. The van der Waals surface area contributed by atoms with Crippen LogP contribution in [-0.2, 0) is 0 Å². The van der Waals surface area contributed by atoms with Crippen LogP contribution < -0.4 is 11.1 Å². The van der Waals surface area contributed by atoms with E-state index in [1.807, 2.05) is 0 Å². The summed E-state index contributed by atoms with van der Waals surface area (Å²) in [6, 6.07) is 4.49. The zero-order valence-corrected chi connectivity index (χ0v) is 11.7. The van der Waals surface area contributed by atoms with Crippen LogP contribution >= 0.6 is 34.8 Å². The second-order valence-corrected chi connectivity index (χ2v) is 4.91. The highest BCUT2D eigenvalue weighted by molar-refractivity contribution is 6.42. The molecule has 0 fully saturated rings. The molecular formula is C12H8Cl3N3O. The normalized spacial score (nSPS) is 10.3. The van der Waals surface area contributed by atoms with E-state index in [9.17, 15) is 4.79 Å². The molecule has 4 nitrogen and oxygen atoms in total. The molecule has 0 unspecified atom stereocenters. The monoisotopic (exact) mass is 315 g/mol. The predicted octanol–water partition coefficient (Wildman–Crippen LogP) is 3.88. The van der Waals surface area contributed by atoms with Crippen molar-refractivity contribution in [3.8, 4) is 0 Å². The highest BCUT2D eigenvalue weighted by Gasteiger charge is 2.14. The Kier molecular flexibility index (Phi) is 4.14. The first-order chi connectivity index (χ1) is 8.99. The largest absolute Gasteiger partial charge is 0.398 e. The van der Waals surface area contributed by atoms with Crippen molar-refractivity contribution in [2.45, 2.75) is 0 Å². The van der Waals surface area contributed by atoms with Gasteiger partial charge in [0.1, 0.15) is 0 Å². The molecule has 0 saturated carbocycles. The second kappa shape index (κ2) is 5.65. The Labute approximate surface area is 124 Å². The quantitative estimate of drug-likeness (QED) is 0.883. The van der Waals surface area contributed by atoms with Gasteiger partial charge < -0.3 is 11.1 Å². The topological polar surface area (TPSA) is 68.0 Å². The Morgan fingerprint density at radius 1 is 1.21 bits per heavy atom. The van der Waals surface area contributed by atoms with Gasteiger partial charge in [0.2, 0.25) is 0 Å². The number of benzene rings is 1. The Bertz CT molecular complexity index is 623. The number of rotatable bonds is 2. The fourth-order valence-corrected chi connectivity index (χ4v) is 2.35. The number of anilines is 2. The molecule has 0 saturated heterocycles. The zero-order chi connectivity index (χ0) is 14.0. The highest BCUT2D eigenvalue weighted by atomic mass is 35.5. The first-order valence-electron chi connectivity index (χ1n) is 5.14. The van der Waals surface area contributed by atoms with E-state index in [0.717, 1.165) is 0 Å². The van der Waals surface area contributed by atoms with Gasteiger partial charge in [-0.25, -0.2) is 0 Å². The first kappa shape index (κ1) is 13.9. The van der Waals surface area contributed by atoms with Crippen molar-refractivity contribution in [3.63, 3.8) is 0 Å². The van der Waals surface area contributed by atoms with Crippen molar-refractivity contribution < 1.29 is 4.79 Å². The van der Waals surface area contributed by atoms with E-state index in [0.29, 0.717) is 10.7 Å². The molecule has 0 spiro atoms. The molecule has 2 rings (SSSR count). The van der Waals surface area contributed by atoms with Gasteiger partial charge in [-0.2, -0.15) is 0 Å². The molecule has 1 amide bonds. The maximum absolute atomic E-state index is 12.0. The minimum atomic E-state index is -0.447. The van der Waals surface area contributed by atoms with Gasteiger partial charge in [-0.15, -0.1) is 0 Å². The minimum absolute atomic E-state index is 0.240.